The lowest BCUT2D eigenvalue weighted by molar-refractivity contribution is -0.138. The Labute approximate surface area is 153 Å². The molecule has 4 aliphatic rings. The number of ether oxygens (including phenoxy) is 1. The van der Waals surface area contributed by atoms with Crippen molar-refractivity contribution < 1.29 is 18.3 Å². The molecule has 142 valence electrons. The summed E-state index contributed by atoms with van der Waals surface area (Å²) in [5.41, 5.74) is 0.789. The van der Waals surface area contributed by atoms with E-state index in [9.17, 15) is 13.6 Å². The predicted octanol–water partition coefficient (Wildman–Crippen LogP) is 3.51. The molecule has 0 aromatic heterocycles. The van der Waals surface area contributed by atoms with Gasteiger partial charge in [-0.15, -0.1) is 0 Å². The first-order valence-electron chi connectivity index (χ1n) is 9.65. The lowest BCUT2D eigenvalue weighted by Crippen LogP contribution is -2.45. The van der Waals surface area contributed by atoms with E-state index >= 15 is 0 Å². The quantitative estimate of drug-likeness (QED) is 0.802. The molecule has 1 aliphatic carbocycles. The largest absolute Gasteiger partial charge is 0.434 e. The van der Waals surface area contributed by atoms with Gasteiger partial charge in [-0.1, -0.05) is 24.6 Å². The third-order valence-corrected chi connectivity index (χ3v) is 6.16. The van der Waals surface area contributed by atoms with E-state index in [4.69, 9.17) is 0 Å². The monoisotopic (exact) mass is 364 g/mol. The molecule has 0 unspecified atom stereocenters. The molecule has 2 atom stereocenters. The number of halogens is 2. The molecule has 0 radical (unpaired) electrons. The van der Waals surface area contributed by atoms with Crippen LogP contribution < -0.4 is 4.74 Å². The summed E-state index contributed by atoms with van der Waals surface area (Å²) in [4.78, 5) is 17.1. The maximum absolute atomic E-state index is 12.7. The van der Waals surface area contributed by atoms with Crippen molar-refractivity contribution in [3.05, 3.63) is 29.8 Å². The van der Waals surface area contributed by atoms with Crippen LogP contribution in [0.5, 0.6) is 5.75 Å². The van der Waals surface area contributed by atoms with E-state index in [0.717, 1.165) is 50.9 Å². The molecular formula is C20H26F2N2O2. The van der Waals surface area contributed by atoms with Crippen LogP contribution in [0.15, 0.2) is 24.3 Å². The third kappa shape index (κ3) is 3.70. The van der Waals surface area contributed by atoms with Crippen molar-refractivity contribution in [2.75, 3.05) is 19.6 Å². The maximum atomic E-state index is 12.7. The van der Waals surface area contributed by atoms with Gasteiger partial charge < -0.3 is 9.64 Å². The zero-order chi connectivity index (χ0) is 18.1. The number of rotatable bonds is 5. The summed E-state index contributed by atoms with van der Waals surface area (Å²) in [6, 6.07) is 7.33. The molecular weight excluding hydrogens is 338 g/mol. The highest BCUT2D eigenvalue weighted by molar-refractivity contribution is 5.79. The highest BCUT2D eigenvalue weighted by atomic mass is 19.3. The molecule has 3 heterocycles. The van der Waals surface area contributed by atoms with Crippen molar-refractivity contribution in [1.82, 2.24) is 9.80 Å². The number of para-hydroxylation sites is 1. The molecule has 1 aromatic rings. The fourth-order valence-corrected chi connectivity index (χ4v) is 4.53. The Hall–Kier alpha value is -1.69. The van der Waals surface area contributed by atoms with Gasteiger partial charge in [0.1, 0.15) is 5.75 Å². The maximum Gasteiger partial charge on any atom is 0.387 e. The standard InChI is InChI=1S/C20H26F2N2O2/c21-20(22)26-18-7-2-1-4-16(18)12-23-10-14-8-9-17(23)13-24(11-14)19(25)15-5-3-6-15/h1-2,4,7,14-15,17,20H,3,5-6,8-13H2/t14-,17-/m0/s1. The van der Waals surface area contributed by atoms with Crippen molar-refractivity contribution >= 4 is 5.91 Å². The van der Waals surface area contributed by atoms with Crippen molar-refractivity contribution in [2.45, 2.75) is 51.3 Å². The SMILES string of the molecule is O=C(C1CCC1)N1C[C@H]2CC[C@@H](C1)N(Cc1ccccc1OC(F)F)C2. The van der Waals surface area contributed by atoms with E-state index in [1.54, 1.807) is 12.1 Å². The molecule has 5 rings (SSSR count). The molecule has 4 nitrogen and oxygen atoms in total. The number of hydrogen-bond acceptors (Lipinski definition) is 3. The van der Waals surface area contributed by atoms with E-state index in [1.165, 1.54) is 6.42 Å². The van der Waals surface area contributed by atoms with Crippen LogP contribution >= 0.6 is 0 Å². The van der Waals surface area contributed by atoms with Crippen molar-refractivity contribution in [3.63, 3.8) is 0 Å². The molecule has 6 heteroatoms. The number of nitrogens with zero attached hydrogens (tertiary/aromatic N) is 2. The number of amides is 1. The number of alkyl halides is 2. The van der Waals surface area contributed by atoms with Crippen molar-refractivity contribution in [1.29, 1.82) is 0 Å². The van der Waals surface area contributed by atoms with Gasteiger partial charge in [0.25, 0.3) is 0 Å². The van der Waals surface area contributed by atoms with Gasteiger partial charge in [0.05, 0.1) is 0 Å². The molecule has 4 fully saturated rings. The van der Waals surface area contributed by atoms with Crippen LogP contribution in [0.3, 0.4) is 0 Å². The summed E-state index contributed by atoms with van der Waals surface area (Å²) in [5.74, 6) is 1.29. The highest BCUT2D eigenvalue weighted by Gasteiger charge is 2.39. The van der Waals surface area contributed by atoms with Gasteiger partial charge in [0.2, 0.25) is 5.91 Å². The van der Waals surface area contributed by atoms with Crippen LogP contribution in [0.25, 0.3) is 0 Å². The smallest absolute Gasteiger partial charge is 0.387 e. The Morgan fingerprint density at radius 1 is 1.12 bits per heavy atom. The molecule has 26 heavy (non-hydrogen) atoms. The molecule has 2 bridgehead atoms. The molecule has 3 saturated heterocycles. The van der Waals surface area contributed by atoms with E-state index in [0.29, 0.717) is 24.4 Å². The van der Waals surface area contributed by atoms with Crippen molar-refractivity contribution in [3.8, 4) is 5.75 Å². The van der Waals surface area contributed by atoms with Crippen LogP contribution in [0.4, 0.5) is 8.78 Å². The Morgan fingerprint density at radius 2 is 1.92 bits per heavy atom. The molecule has 3 aliphatic heterocycles. The first-order chi connectivity index (χ1) is 12.6. The second-order valence-electron chi connectivity index (χ2n) is 7.88. The second-order valence-corrected chi connectivity index (χ2v) is 7.88. The summed E-state index contributed by atoms with van der Waals surface area (Å²) in [6.45, 7) is 0.311. The normalized spacial score (nSPS) is 26.7. The topological polar surface area (TPSA) is 32.8 Å². The predicted molar refractivity (Wildman–Crippen MR) is 93.9 cm³/mol. The summed E-state index contributed by atoms with van der Waals surface area (Å²) < 4.78 is 30.0. The molecule has 0 N–H and O–H groups in total. The van der Waals surface area contributed by atoms with Gasteiger partial charge in [-0.05, 0) is 37.7 Å². The lowest BCUT2D eigenvalue weighted by Gasteiger charge is -2.36. The third-order valence-electron chi connectivity index (χ3n) is 6.16. The van der Waals surface area contributed by atoms with Crippen LogP contribution in [0.1, 0.15) is 37.7 Å². The van der Waals surface area contributed by atoms with Gasteiger partial charge >= 0.3 is 6.61 Å². The van der Waals surface area contributed by atoms with Crippen LogP contribution in [0.2, 0.25) is 0 Å². The molecule has 1 saturated carbocycles. The van der Waals surface area contributed by atoms with Gasteiger partial charge in [-0.25, -0.2) is 0 Å². The minimum absolute atomic E-state index is 0.237. The summed E-state index contributed by atoms with van der Waals surface area (Å²) in [7, 11) is 0. The Bertz CT molecular complexity index is 650. The zero-order valence-corrected chi connectivity index (χ0v) is 14.9. The van der Waals surface area contributed by atoms with E-state index in [-0.39, 0.29) is 11.7 Å². The number of hydrogen-bond donors (Lipinski definition) is 0. The Balaban J connectivity index is 1.46. The Morgan fingerprint density at radius 3 is 2.65 bits per heavy atom. The number of carbonyl (C=O) groups is 1. The van der Waals surface area contributed by atoms with E-state index < -0.39 is 6.61 Å². The zero-order valence-electron chi connectivity index (χ0n) is 14.9. The van der Waals surface area contributed by atoms with Gasteiger partial charge in [-0.3, -0.25) is 9.69 Å². The van der Waals surface area contributed by atoms with Crippen LogP contribution in [-0.4, -0.2) is 48.0 Å². The lowest BCUT2D eigenvalue weighted by atomic mass is 9.84. The summed E-state index contributed by atoms with van der Waals surface area (Å²) in [6.07, 6.45) is 5.45. The summed E-state index contributed by atoms with van der Waals surface area (Å²) in [5, 5.41) is 0. The van der Waals surface area contributed by atoms with Crippen molar-refractivity contribution in [2.24, 2.45) is 11.8 Å². The average molecular weight is 364 g/mol. The first kappa shape index (κ1) is 17.7. The fourth-order valence-electron chi connectivity index (χ4n) is 4.53. The molecule has 0 spiro atoms. The summed E-state index contributed by atoms with van der Waals surface area (Å²) >= 11 is 0. The van der Waals surface area contributed by atoms with Crippen LogP contribution in [-0.2, 0) is 11.3 Å². The first-order valence-corrected chi connectivity index (χ1v) is 9.65. The van der Waals surface area contributed by atoms with Gasteiger partial charge in [0.15, 0.2) is 0 Å². The number of fused-ring (bicyclic) bond motifs is 4. The average Bonchev–Trinajstić information content (AvgIpc) is 2.86. The van der Waals surface area contributed by atoms with Gasteiger partial charge in [-0.2, -0.15) is 8.78 Å². The number of carbonyl (C=O) groups excluding carboxylic acids is 1. The second kappa shape index (κ2) is 7.51. The Kier molecular flexibility index (Phi) is 5.11. The van der Waals surface area contributed by atoms with E-state index in [2.05, 4.69) is 14.5 Å². The molecule has 1 amide bonds. The highest BCUT2D eigenvalue weighted by Crippen LogP contribution is 2.34. The van der Waals surface area contributed by atoms with Crippen LogP contribution in [0, 0.1) is 11.8 Å². The minimum atomic E-state index is -2.81. The van der Waals surface area contributed by atoms with Gasteiger partial charge in [0, 0.05) is 43.7 Å². The van der Waals surface area contributed by atoms with E-state index in [1.807, 2.05) is 12.1 Å². The minimum Gasteiger partial charge on any atom is -0.434 e. The number of benzene rings is 1. The number of piperidine rings is 1. The molecule has 1 aromatic carbocycles. The fraction of sp³-hybridized carbons (Fsp3) is 0.650.